The van der Waals surface area contributed by atoms with Gasteiger partial charge in [0, 0.05) is 18.8 Å². The highest BCUT2D eigenvalue weighted by Crippen LogP contribution is 2.28. The highest BCUT2D eigenvalue weighted by molar-refractivity contribution is 14.0. The third-order valence-corrected chi connectivity index (χ3v) is 7.98. The summed E-state index contributed by atoms with van der Waals surface area (Å²) in [5.41, 5.74) is 10.5. The van der Waals surface area contributed by atoms with E-state index in [0.29, 0.717) is 29.5 Å². The third-order valence-electron chi connectivity index (χ3n) is 5.98. The number of anilines is 1. The van der Waals surface area contributed by atoms with Crippen molar-refractivity contribution < 1.29 is 8.42 Å². The third kappa shape index (κ3) is 5.59. The topological polar surface area (TPSA) is 87.8 Å². The number of benzene rings is 2. The second kappa shape index (κ2) is 10.8. The Hall–Kier alpha value is -1.65. The number of nitrogens with one attached hydrogen (secondary N) is 1. The number of guanidine groups is 1. The van der Waals surface area contributed by atoms with Crippen LogP contribution in [0.2, 0.25) is 0 Å². The monoisotopic (exact) mass is 554 g/mol. The van der Waals surface area contributed by atoms with Crippen LogP contribution in [0.25, 0.3) is 0 Å². The number of sulfonamides is 1. The zero-order chi connectivity index (χ0) is 21.0. The van der Waals surface area contributed by atoms with Crippen LogP contribution in [0.5, 0.6) is 0 Å². The summed E-state index contributed by atoms with van der Waals surface area (Å²) in [5.74, 6) is 0.305. The normalized spacial score (nSPS) is 17.5. The van der Waals surface area contributed by atoms with E-state index in [2.05, 4.69) is 16.4 Å². The Morgan fingerprint density at radius 3 is 2.52 bits per heavy atom. The van der Waals surface area contributed by atoms with Crippen LogP contribution in [0.15, 0.2) is 52.4 Å². The standard InChI is InChI=1S/C23H30N4O2S.HI/c24-23(26-21-13-8-11-18-9-2-4-12-20(18)21)25-17-19-10-3-5-14-22(19)30(28,29)27-15-6-1-7-16-27;/h3,5,8,10-11,13-14H,1-2,4,6-7,9,12,15-17H2,(H3,24,25,26);1H. The minimum absolute atomic E-state index is 0. The quantitative estimate of drug-likeness (QED) is 0.328. The van der Waals surface area contributed by atoms with E-state index in [9.17, 15) is 8.42 Å². The van der Waals surface area contributed by atoms with E-state index < -0.39 is 10.0 Å². The molecule has 0 spiro atoms. The van der Waals surface area contributed by atoms with E-state index in [1.54, 1.807) is 16.4 Å². The van der Waals surface area contributed by atoms with Crippen LogP contribution in [0.3, 0.4) is 0 Å². The molecule has 168 valence electrons. The molecule has 4 rings (SSSR count). The maximum absolute atomic E-state index is 13.1. The number of fused-ring (bicyclic) bond motifs is 1. The molecular weight excluding hydrogens is 523 g/mol. The zero-order valence-corrected chi connectivity index (χ0v) is 20.9. The Morgan fingerprint density at radius 1 is 0.968 bits per heavy atom. The number of halogens is 1. The highest BCUT2D eigenvalue weighted by Gasteiger charge is 2.27. The number of hydrogen-bond donors (Lipinski definition) is 2. The molecule has 0 amide bonds. The second-order valence-corrected chi connectivity index (χ2v) is 9.96. The maximum atomic E-state index is 13.1. The van der Waals surface area contributed by atoms with Gasteiger partial charge in [-0.25, -0.2) is 13.4 Å². The van der Waals surface area contributed by atoms with Crippen molar-refractivity contribution in [2.75, 3.05) is 18.4 Å². The van der Waals surface area contributed by atoms with Crippen LogP contribution in [0.1, 0.15) is 48.8 Å². The van der Waals surface area contributed by atoms with Crippen LogP contribution in [-0.2, 0) is 29.4 Å². The van der Waals surface area contributed by atoms with Gasteiger partial charge in [-0.15, -0.1) is 24.0 Å². The molecule has 1 fully saturated rings. The summed E-state index contributed by atoms with van der Waals surface area (Å²) in [7, 11) is -3.51. The molecule has 2 aromatic rings. The molecule has 2 aliphatic rings. The highest BCUT2D eigenvalue weighted by atomic mass is 127. The molecule has 0 unspecified atom stereocenters. The first-order chi connectivity index (χ1) is 14.6. The molecule has 1 saturated heterocycles. The summed E-state index contributed by atoms with van der Waals surface area (Å²) in [6.07, 6.45) is 7.47. The lowest BCUT2D eigenvalue weighted by atomic mass is 9.90. The summed E-state index contributed by atoms with van der Waals surface area (Å²) in [6.45, 7) is 1.39. The summed E-state index contributed by atoms with van der Waals surface area (Å²) in [5, 5.41) is 3.23. The van der Waals surface area contributed by atoms with E-state index >= 15 is 0 Å². The van der Waals surface area contributed by atoms with Gasteiger partial charge in [-0.05, 0) is 67.3 Å². The molecular formula is C23H31IN4O2S. The number of nitrogens with two attached hydrogens (primary N) is 1. The predicted molar refractivity (Wildman–Crippen MR) is 136 cm³/mol. The fraction of sp³-hybridized carbons (Fsp3) is 0.435. The van der Waals surface area contributed by atoms with Crippen LogP contribution in [0, 0.1) is 0 Å². The summed E-state index contributed by atoms with van der Waals surface area (Å²) < 4.78 is 27.9. The van der Waals surface area contributed by atoms with Gasteiger partial charge in [0.25, 0.3) is 0 Å². The summed E-state index contributed by atoms with van der Waals surface area (Å²) in [6, 6.07) is 13.3. The second-order valence-electron chi connectivity index (χ2n) is 8.05. The number of aryl methyl sites for hydroxylation is 1. The number of piperidine rings is 1. The number of hydrogen-bond acceptors (Lipinski definition) is 3. The Morgan fingerprint density at radius 2 is 1.71 bits per heavy atom. The van der Waals surface area contributed by atoms with E-state index in [1.807, 2.05) is 24.3 Å². The first-order valence-electron chi connectivity index (χ1n) is 10.8. The Balaban J connectivity index is 0.00000272. The van der Waals surface area contributed by atoms with Crippen molar-refractivity contribution in [2.45, 2.75) is 56.4 Å². The van der Waals surface area contributed by atoms with Gasteiger partial charge >= 0.3 is 0 Å². The van der Waals surface area contributed by atoms with Gasteiger partial charge in [0.15, 0.2) is 5.96 Å². The first-order valence-corrected chi connectivity index (χ1v) is 12.3. The average molecular weight is 554 g/mol. The van der Waals surface area contributed by atoms with E-state index in [0.717, 1.165) is 37.8 Å². The summed E-state index contributed by atoms with van der Waals surface area (Å²) >= 11 is 0. The molecule has 31 heavy (non-hydrogen) atoms. The van der Waals surface area contributed by atoms with Crippen molar-refractivity contribution in [1.82, 2.24) is 4.31 Å². The number of rotatable bonds is 5. The molecule has 1 aliphatic heterocycles. The fourth-order valence-electron chi connectivity index (χ4n) is 4.38. The van der Waals surface area contributed by atoms with Crippen LogP contribution < -0.4 is 11.1 Å². The van der Waals surface area contributed by atoms with Crippen molar-refractivity contribution in [3.8, 4) is 0 Å². The first kappa shape index (κ1) is 24.0. The van der Waals surface area contributed by atoms with Gasteiger partial charge in [0.05, 0.1) is 11.4 Å². The van der Waals surface area contributed by atoms with Gasteiger partial charge in [0.2, 0.25) is 10.0 Å². The molecule has 0 radical (unpaired) electrons. The molecule has 0 bridgehead atoms. The molecule has 3 N–H and O–H groups in total. The minimum Gasteiger partial charge on any atom is -0.370 e. The number of nitrogens with zero attached hydrogens (tertiary/aromatic N) is 2. The molecule has 6 nitrogen and oxygen atoms in total. The SMILES string of the molecule is I.NC(=NCc1ccccc1S(=O)(=O)N1CCCCC1)Nc1cccc2c1CCCC2. The van der Waals surface area contributed by atoms with Gasteiger partial charge in [-0.3, -0.25) is 0 Å². The molecule has 1 heterocycles. The van der Waals surface area contributed by atoms with Crippen molar-refractivity contribution in [1.29, 1.82) is 0 Å². The zero-order valence-electron chi connectivity index (χ0n) is 17.7. The van der Waals surface area contributed by atoms with E-state index in [-0.39, 0.29) is 30.5 Å². The maximum Gasteiger partial charge on any atom is 0.243 e. The van der Waals surface area contributed by atoms with Crippen LogP contribution in [0.4, 0.5) is 5.69 Å². The van der Waals surface area contributed by atoms with Gasteiger partial charge < -0.3 is 11.1 Å². The molecule has 0 saturated carbocycles. The Bertz CT molecular complexity index is 1030. The van der Waals surface area contributed by atoms with E-state index in [1.165, 1.54) is 24.0 Å². The van der Waals surface area contributed by atoms with Crippen LogP contribution in [-0.4, -0.2) is 31.8 Å². The fourth-order valence-corrected chi connectivity index (χ4v) is 6.11. The Labute approximate surface area is 202 Å². The van der Waals surface area contributed by atoms with Gasteiger partial charge in [0.1, 0.15) is 0 Å². The number of aliphatic imine (C=N–C) groups is 1. The minimum atomic E-state index is -3.51. The van der Waals surface area contributed by atoms with E-state index in [4.69, 9.17) is 5.73 Å². The molecule has 0 aromatic heterocycles. The molecule has 1 aliphatic carbocycles. The largest absolute Gasteiger partial charge is 0.370 e. The molecule has 8 heteroatoms. The lowest BCUT2D eigenvalue weighted by Gasteiger charge is -2.26. The smallest absolute Gasteiger partial charge is 0.243 e. The van der Waals surface area contributed by atoms with Gasteiger partial charge in [-0.1, -0.05) is 36.8 Å². The van der Waals surface area contributed by atoms with Crippen molar-refractivity contribution >= 4 is 45.6 Å². The lowest BCUT2D eigenvalue weighted by molar-refractivity contribution is 0.346. The Kier molecular flexibility index (Phi) is 8.35. The summed E-state index contributed by atoms with van der Waals surface area (Å²) in [4.78, 5) is 4.79. The van der Waals surface area contributed by atoms with Crippen molar-refractivity contribution in [2.24, 2.45) is 10.7 Å². The molecule has 2 aromatic carbocycles. The van der Waals surface area contributed by atoms with Crippen molar-refractivity contribution in [3.05, 3.63) is 59.2 Å². The lowest BCUT2D eigenvalue weighted by Crippen LogP contribution is -2.36. The van der Waals surface area contributed by atoms with Crippen molar-refractivity contribution in [3.63, 3.8) is 0 Å². The van der Waals surface area contributed by atoms with Gasteiger partial charge in [-0.2, -0.15) is 4.31 Å². The average Bonchev–Trinajstić information content (AvgIpc) is 2.79. The van der Waals surface area contributed by atoms with Crippen LogP contribution >= 0.6 is 24.0 Å². The predicted octanol–water partition coefficient (Wildman–Crippen LogP) is 4.28. The molecule has 0 atom stereocenters.